The van der Waals surface area contributed by atoms with E-state index < -0.39 is 5.82 Å². The maximum absolute atomic E-state index is 13.5. The van der Waals surface area contributed by atoms with Crippen LogP contribution in [0.2, 0.25) is 0 Å². The highest BCUT2D eigenvalue weighted by Crippen LogP contribution is 2.20. The molecule has 1 unspecified atom stereocenters. The van der Waals surface area contributed by atoms with Gasteiger partial charge in [-0.05, 0) is 24.6 Å². The van der Waals surface area contributed by atoms with E-state index in [0.29, 0.717) is 18.6 Å². The molecule has 4 heteroatoms. The molecule has 0 bridgehead atoms. The van der Waals surface area contributed by atoms with Crippen molar-refractivity contribution in [2.75, 3.05) is 13.7 Å². The first-order chi connectivity index (χ1) is 7.67. The lowest BCUT2D eigenvalue weighted by atomic mass is 10.2. The van der Waals surface area contributed by atoms with Crippen LogP contribution in [0, 0.1) is 5.82 Å². The van der Waals surface area contributed by atoms with Gasteiger partial charge in [-0.1, -0.05) is 6.07 Å². The van der Waals surface area contributed by atoms with Crippen LogP contribution in [-0.2, 0) is 11.3 Å². The zero-order valence-electron chi connectivity index (χ0n) is 9.57. The van der Waals surface area contributed by atoms with Crippen molar-refractivity contribution in [2.24, 2.45) is 0 Å². The highest BCUT2D eigenvalue weighted by Gasteiger charge is 2.08. The minimum absolute atomic E-state index is 0.102. The predicted molar refractivity (Wildman–Crippen MR) is 58.9 cm³/mol. The third-order valence-corrected chi connectivity index (χ3v) is 2.24. The molecule has 0 spiro atoms. The van der Waals surface area contributed by atoms with Gasteiger partial charge in [0.05, 0.1) is 12.7 Å². The average Bonchev–Trinajstić information content (AvgIpc) is 2.29. The van der Waals surface area contributed by atoms with Gasteiger partial charge in [0.2, 0.25) is 0 Å². The summed E-state index contributed by atoms with van der Waals surface area (Å²) in [7, 11) is 1.61. The van der Waals surface area contributed by atoms with Crippen LogP contribution in [0.3, 0.4) is 0 Å². The molecule has 1 atom stereocenters. The molecule has 90 valence electrons. The Morgan fingerprint density at radius 2 is 2.19 bits per heavy atom. The topological polar surface area (TPSA) is 38.7 Å². The third-order valence-electron chi connectivity index (χ3n) is 2.24. The van der Waals surface area contributed by atoms with Gasteiger partial charge in [0, 0.05) is 20.1 Å². The van der Waals surface area contributed by atoms with Crippen molar-refractivity contribution in [3.8, 4) is 5.75 Å². The number of ether oxygens (including phenoxy) is 2. The molecule has 0 saturated carbocycles. The molecule has 1 aromatic rings. The fourth-order valence-electron chi connectivity index (χ4n) is 1.30. The molecule has 0 aliphatic carbocycles. The summed E-state index contributed by atoms with van der Waals surface area (Å²) >= 11 is 0. The number of rotatable bonds is 6. The van der Waals surface area contributed by atoms with E-state index in [4.69, 9.17) is 14.6 Å². The van der Waals surface area contributed by atoms with Crippen LogP contribution >= 0.6 is 0 Å². The first-order valence-corrected chi connectivity index (χ1v) is 5.22. The van der Waals surface area contributed by atoms with E-state index in [-0.39, 0.29) is 18.5 Å². The van der Waals surface area contributed by atoms with Gasteiger partial charge in [0.25, 0.3) is 0 Å². The Hall–Kier alpha value is -1.13. The molecule has 0 aromatic heterocycles. The van der Waals surface area contributed by atoms with Gasteiger partial charge >= 0.3 is 0 Å². The van der Waals surface area contributed by atoms with E-state index in [2.05, 4.69) is 0 Å². The van der Waals surface area contributed by atoms with Crippen LogP contribution in [0.4, 0.5) is 4.39 Å². The van der Waals surface area contributed by atoms with E-state index in [1.807, 2.05) is 6.92 Å². The highest BCUT2D eigenvalue weighted by molar-refractivity contribution is 5.29. The van der Waals surface area contributed by atoms with Gasteiger partial charge in [0.1, 0.15) is 0 Å². The zero-order chi connectivity index (χ0) is 12.0. The fraction of sp³-hybridized carbons (Fsp3) is 0.500. The molecular weight excluding hydrogens is 211 g/mol. The number of hydrogen-bond donors (Lipinski definition) is 1. The number of halogens is 1. The minimum atomic E-state index is -0.448. The van der Waals surface area contributed by atoms with Crippen molar-refractivity contribution in [1.29, 1.82) is 0 Å². The van der Waals surface area contributed by atoms with Crippen LogP contribution in [0.1, 0.15) is 18.9 Å². The largest absolute Gasteiger partial charge is 0.488 e. The fourth-order valence-corrected chi connectivity index (χ4v) is 1.30. The highest BCUT2D eigenvalue weighted by atomic mass is 19.1. The molecule has 0 amide bonds. The molecule has 0 aliphatic rings. The Kier molecular flexibility index (Phi) is 5.22. The SMILES string of the molecule is COCCC(C)Oc1ccc(CO)cc1F. The summed E-state index contributed by atoms with van der Waals surface area (Å²) in [6.45, 7) is 2.27. The number of benzene rings is 1. The molecule has 0 aliphatic heterocycles. The van der Waals surface area contributed by atoms with Gasteiger partial charge in [-0.15, -0.1) is 0 Å². The second-order valence-electron chi connectivity index (χ2n) is 3.63. The molecule has 0 fully saturated rings. The van der Waals surface area contributed by atoms with Gasteiger partial charge in [0.15, 0.2) is 11.6 Å². The van der Waals surface area contributed by atoms with Gasteiger partial charge in [-0.3, -0.25) is 0 Å². The smallest absolute Gasteiger partial charge is 0.165 e. The Labute approximate surface area is 94.8 Å². The summed E-state index contributed by atoms with van der Waals surface area (Å²) in [4.78, 5) is 0. The number of aliphatic hydroxyl groups is 1. The monoisotopic (exact) mass is 228 g/mol. The molecule has 1 aromatic carbocycles. The average molecular weight is 228 g/mol. The summed E-state index contributed by atoms with van der Waals surface area (Å²) in [5.74, 6) is -0.239. The van der Waals surface area contributed by atoms with E-state index >= 15 is 0 Å². The van der Waals surface area contributed by atoms with Crippen LogP contribution in [0.5, 0.6) is 5.75 Å². The standard InChI is InChI=1S/C12H17FO3/c1-9(5-6-15-2)16-12-4-3-10(8-14)7-11(12)13/h3-4,7,9,14H,5-6,8H2,1-2H3. The first-order valence-electron chi connectivity index (χ1n) is 5.22. The van der Waals surface area contributed by atoms with Crippen LogP contribution < -0.4 is 4.74 Å². The maximum Gasteiger partial charge on any atom is 0.165 e. The number of aliphatic hydroxyl groups excluding tert-OH is 1. The summed E-state index contributed by atoms with van der Waals surface area (Å²) in [5.41, 5.74) is 0.536. The van der Waals surface area contributed by atoms with Crippen molar-refractivity contribution < 1.29 is 19.0 Å². The lowest BCUT2D eigenvalue weighted by Gasteiger charge is -2.15. The van der Waals surface area contributed by atoms with Crippen molar-refractivity contribution in [2.45, 2.75) is 26.1 Å². The molecule has 3 nitrogen and oxygen atoms in total. The number of methoxy groups -OCH3 is 1. The van der Waals surface area contributed by atoms with E-state index in [1.165, 1.54) is 12.1 Å². The van der Waals surface area contributed by atoms with E-state index in [0.717, 1.165) is 0 Å². The molecule has 0 saturated heterocycles. The third kappa shape index (κ3) is 3.79. The molecular formula is C12H17FO3. The van der Waals surface area contributed by atoms with Crippen molar-refractivity contribution in [3.63, 3.8) is 0 Å². The van der Waals surface area contributed by atoms with Gasteiger partial charge in [-0.25, -0.2) is 4.39 Å². The molecule has 16 heavy (non-hydrogen) atoms. The van der Waals surface area contributed by atoms with Crippen LogP contribution in [0.25, 0.3) is 0 Å². The predicted octanol–water partition coefficient (Wildman–Crippen LogP) is 2.12. The summed E-state index contributed by atoms with van der Waals surface area (Å²) in [6.07, 6.45) is 0.604. The number of hydrogen-bond acceptors (Lipinski definition) is 3. The zero-order valence-corrected chi connectivity index (χ0v) is 9.57. The summed E-state index contributed by atoms with van der Waals surface area (Å²) < 4.78 is 23.8. The Bertz CT molecular complexity index is 328. The lowest BCUT2D eigenvalue weighted by molar-refractivity contribution is 0.132. The lowest BCUT2D eigenvalue weighted by Crippen LogP contribution is -2.15. The summed E-state index contributed by atoms with van der Waals surface area (Å²) in [6, 6.07) is 4.45. The van der Waals surface area contributed by atoms with Crippen molar-refractivity contribution in [1.82, 2.24) is 0 Å². The second kappa shape index (κ2) is 6.45. The van der Waals surface area contributed by atoms with Crippen molar-refractivity contribution >= 4 is 0 Å². The molecule has 1 rings (SSSR count). The van der Waals surface area contributed by atoms with Crippen molar-refractivity contribution in [3.05, 3.63) is 29.6 Å². The molecule has 1 N–H and O–H groups in total. The molecule has 0 heterocycles. The quantitative estimate of drug-likeness (QED) is 0.810. The Morgan fingerprint density at radius 1 is 1.44 bits per heavy atom. The maximum atomic E-state index is 13.5. The minimum Gasteiger partial charge on any atom is -0.488 e. The van der Waals surface area contributed by atoms with Crippen LogP contribution in [0.15, 0.2) is 18.2 Å². The molecule has 0 radical (unpaired) electrons. The van der Waals surface area contributed by atoms with Gasteiger partial charge in [-0.2, -0.15) is 0 Å². The van der Waals surface area contributed by atoms with E-state index in [1.54, 1.807) is 13.2 Å². The van der Waals surface area contributed by atoms with Crippen LogP contribution in [-0.4, -0.2) is 24.9 Å². The second-order valence-corrected chi connectivity index (χ2v) is 3.63. The van der Waals surface area contributed by atoms with E-state index in [9.17, 15) is 4.39 Å². The first kappa shape index (κ1) is 12.9. The Balaban J connectivity index is 2.59. The summed E-state index contributed by atoms with van der Waals surface area (Å²) in [5, 5.41) is 8.83. The normalized spacial score (nSPS) is 12.5. The van der Waals surface area contributed by atoms with Gasteiger partial charge < -0.3 is 14.6 Å². The Morgan fingerprint density at radius 3 is 2.75 bits per heavy atom.